The first-order valence-corrected chi connectivity index (χ1v) is 7.38. The molecule has 1 saturated heterocycles. The zero-order valence-corrected chi connectivity index (χ0v) is 13.5. The van der Waals surface area contributed by atoms with Crippen LogP contribution in [0, 0.1) is 5.92 Å². The highest BCUT2D eigenvalue weighted by molar-refractivity contribution is 9.10. The van der Waals surface area contributed by atoms with E-state index < -0.39 is 0 Å². The fourth-order valence-electron chi connectivity index (χ4n) is 2.30. The maximum Gasteiger partial charge on any atom is 0.120 e. The standard InChI is InChI=1S/C14H21BrN2O.ClH/c15-13-2-1-3-14(10-13)18-9-8-17-6-4-12(11-16)5-7-17;/h1-3,10,12H,4-9,11,16H2;1H. The lowest BCUT2D eigenvalue weighted by Crippen LogP contribution is -2.38. The summed E-state index contributed by atoms with van der Waals surface area (Å²) in [5.74, 6) is 1.66. The molecule has 2 rings (SSSR count). The van der Waals surface area contributed by atoms with Crippen LogP contribution in [0.4, 0.5) is 0 Å². The van der Waals surface area contributed by atoms with Gasteiger partial charge in [0.15, 0.2) is 0 Å². The second-order valence-corrected chi connectivity index (χ2v) is 5.74. The Morgan fingerprint density at radius 1 is 1.32 bits per heavy atom. The SMILES string of the molecule is Cl.NCC1CCN(CCOc2cccc(Br)c2)CC1. The molecule has 0 amide bonds. The Bertz CT molecular complexity index is 370. The second kappa shape index (κ2) is 8.80. The molecule has 1 heterocycles. The first-order chi connectivity index (χ1) is 8.78. The van der Waals surface area contributed by atoms with Gasteiger partial charge in [-0.15, -0.1) is 12.4 Å². The van der Waals surface area contributed by atoms with Gasteiger partial charge in [-0.05, 0) is 56.6 Å². The number of ether oxygens (including phenoxy) is 1. The molecule has 1 aromatic carbocycles. The van der Waals surface area contributed by atoms with Crippen molar-refractivity contribution in [3.05, 3.63) is 28.7 Å². The number of likely N-dealkylation sites (tertiary alicyclic amines) is 1. The summed E-state index contributed by atoms with van der Waals surface area (Å²) in [4.78, 5) is 2.46. The average Bonchev–Trinajstić information content (AvgIpc) is 2.40. The van der Waals surface area contributed by atoms with E-state index in [1.807, 2.05) is 24.3 Å². The van der Waals surface area contributed by atoms with Crippen LogP contribution in [0.15, 0.2) is 28.7 Å². The molecule has 0 spiro atoms. The third-order valence-electron chi connectivity index (χ3n) is 3.51. The van der Waals surface area contributed by atoms with Gasteiger partial charge < -0.3 is 10.5 Å². The van der Waals surface area contributed by atoms with Gasteiger partial charge >= 0.3 is 0 Å². The van der Waals surface area contributed by atoms with Crippen molar-refractivity contribution in [2.75, 3.05) is 32.8 Å². The van der Waals surface area contributed by atoms with Crippen molar-refractivity contribution < 1.29 is 4.74 Å². The Hall–Kier alpha value is -0.290. The molecule has 1 fully saturated rings. The van der Waals surface area contributed by atoms with Gasteiger partial charge in [0.25, 0.3) is 0 Å². The number of piperidine rings is 1. The van der Waals surface area contributed by atoms with E-state index in [0.717, 1.165) is 48.9 Å². The van der Waals surface area contributed by atoms with Crippen LogP contribution in [-0.2, 0) is 0 Å². The molecule has 19 heavy (non-hydrogen) atoms. The summed E-state index contributed by atoms with van der Waals surface area (Å²) >= 11 is 3.44. The van der Waals surface area contributed by atoms with Crippen molar-refractivity contribution in [1.82, 2.24) is 4.90 Å². The minimum absolute atomic E-state index is 0. The van der Waals surface area contributed by atoms with Crippen LogP contribution in [0.2, 0.25) is 0 Å². The van der Waals surface area contributed by atoms with Crippen LogP contribution in [0.1, 0.15) is 12.8 Å². The van der Waals surface area contributed by atoms with Crippen LogP contribution in [0.3, 0.4) is 0 Å². The monoisotopic (exact) mass is 348 g/mol. The highest BCUT2D eigenvalue weighted by Gasteiger charge is 2.17. The average molecular weight is 350 g/mol. The largest absolute Gasteiger partial charge is 0.492 e. The molecular formula is C14H22BrClN2O. The molecular weight excluding hydrogens is 328 g/mol. The predicted molar refractivity (Wildman–Crippen MR) is 85.1 cm³/mol. The van der Waals surface area contributed by atoms with Crippen LogP contribution in [0.25, 0.3) is 0 Å². The van der Waals surface area contributed by atoms with Crippen molar-refractivity contribution >= 4 is 28.3 Å². The maximum absolute atomic E-state index is 5.75. The summed E-state index contributed by atoms with van der Waals surface area (Å²) in [6, 6.07) is 7.99. The summed E-state index contributed by atoms with van der Waals surface area (Å²) in [7, 11) is 0. The number of hydrogen-bond acceptors (Lipinski definition) is 3. The van der Waals surface area contributed by atoms with E-state index in [1.165, 1.54) is 12.8 Å². The molecule has 1 aliphatic rings. The van der Waals surface area contributed by atoms with Gasteiger partial charge in [-0.25, -0.2) is 0 Å². The number of halogens is 2. The van der Waals surface area contributed by atoms with E-state index in [2.05, 4.69) is 20.8 Å². The van der Waals surface area contributed by atoms with Crippen LogP contribution >= 0.6 is 28.3 Å². The molecule has 0 aromatic heterocycles. The van der Waals surface area contributed by atoms with E-state index in [4.69, 9.17) is 10.5 Å². The van der Waals surface area contributed by atoms with Crippen molar-refractivity contribution in [3.8, 4) is 5.75 Å². The Morgan fingerprint density at radius 2 is 2.05 bits per heavy atom. The van der Waals surface area contributed by atoms with Gasteiger partial charge in [0.05, 0.1) is 0 Å². The topological polar surface area (TPSA) is 38.5 Å². The van der Waals surface area contributed by atoms with E-state index in [-0.39, 0.29) is 12.4 Å². The normalized spacial score (nSPS) is 16.9. The third kappa shape index (κ3) is 5.69. The summed E-state index contributed by atoms with van der Waals surface area (Å²) < 4.78 is 6.81. The molecule has 1 aliphatic heterocycles. The van der Waals surface area contributed by atoms with Gasteiger partial charge in [0.2, 0.25) is 0 Å². The third-order valence-corrected chi connectivity index (χ3v) is 4.01. The Labute approximate surface area is 130 Å². The number of nitrogens with two attached hydrogens (primary N) is 1. The fraction of sp³-hybridized carbons (Fsp3) is 0.571. The molecule has 0 bridgehead atoms. The number of benzene rings is 1. The number of nitrogens with zero attached hydrogens (tertiary/aromatic N) is 1. The highest BCUT2D eigenvalue weighted by atomic mass is 79.9. The van der Waals surface area contributed by atoms with Gasteiger partial charge in [-0.1, -0.05) is 22.0 Å². The zero-order valence-electron chi connectivity index (χ0n) is 11.1. The summed E-state index contributed by atoms with van der Waals surface area (Å²) in [5, 5.41) is 0. The summed E-state index contributed by atoms with van der Waals surface area (Å²) in [6.07, 6.45) is 2.46. The van der Waals surface area contributed by atoms with Crippen molar-refractivity contribution in [2.45, 2.75) is 12.8 Å². The minimum atomic E-state index is 0. The molecule has 0 unspecified atom stereocenters. The van der Waals surface area contributed by atoms with E-state index >= 15 is 0 Å². The Balaban J connectivity index is 0.00000180. The number of rotatable bonds is 5. The summed E-state index contributed by atoms with van der Waals surface area (Å²) in [6.45, 7) is 4.91. The van der Waals surface area contributed by atoms with Crippen molar-refractivity contribution in [3.63, 3.8) is 0 Å². The van der Waals surface area contributed by atoms with Crippen molar-refractivity contribution in [2.24, 2.45) is 11.7 Å². The molecule has 0 saturated carbocycles. The van der Waals surface area contributed by atoms with Crippen LogP contribution < -0.4 is 10.5 Å². The lowest BCUT2D eigenvalue weighted by molar-refractivity contribution is 0.157. The molecule has 5 heteroatoms. The van der Waals surface area contributed by atoms with Crippen LogP contribution in [-0.4, -0.2) is 37.7 Å². The van der Waals surface area contributed by atoms with E-state index in [1.54, 1.807) is 0 Å². The zero-order chi connectivity index (χ0) is 12.8. The lowest BCUT2D eigenvalue weighted by atomic mass is 9.97. The first-order valence-electron chi connectivity index (χ1n) is 6.58. The lowest BCUT2D eigenvalue weighted by Gasteiger charge is -2.31. The van der Waals surface area contributed by atoms with Crippen molar-refractivity contribution in [1.29, 1.82) is 0 Å². The first kappa shape index (κ1) is 16.8. The summed E-state index contributed by atoms with van der Waals surface area (Å²) in [5.41, 5.74) is 5.69. The van der Waals surface area contributed by atoms with Gasteiger partial charge in [0.1, 0.15) is 12.4 Å². The second-order valence-electron chi connectivity index (χ2n) is 4.83. The van der Waals surface area contributed by atoms with E-state index in [0.29, 0.717) is 0 Å². The molecule has 0 atom stereocenters. The maximum atomic E-state index is 5.75. The molecule has 1 aromatic rings. The Morgan fingerprint density at radius 3 is 2.68 bits per heavy atom. The van der Waals surface area contributed by atoms with Gasteiger partial charge in [0, 0.05) is 11.0 Å². The predicted octanol–water partition coefficient (Wildman–Crippen LogP) is 2.92. The molecule has 2 N–H and O–H groups in total. The minimum Gasteiger partial charge on any atom is -0.492 e. The molecule has 0 aliphatic carbocycles. The molecule has 0 radical (unpaired) electrons. The van der Waals surface area contributed by atoms with E-state index in [9.17, 15) is 0 Å². The fourth-order valence-corrected chi connectivity index (χ4v) is 2.67. The van der Waals surface area contributed by atoms with Gasteiger partial charge in [-0.2, -0.15) is 0 Å². The quantitative estimate of drug-likeness (QED) is 0.888. The highest BCUT2D eigenvalue weighted by Crippen LogP contribution is 2.18. The number of hydrogen-bond donors (Lipinski definition) is 1. The van der Waals surface area contributed by atoms with Crippen LogP contribution in [0.5, 0.6) is 5.75 Å². The van der Waals surface area contributed by atoms with Gasteiger partial charge in [-0.3, -0.25) is 4.90 Å². The Kier molecular flexibility index (Phi) is 7.76. The molecule has 108 valence electrons. The smallest absolute Gasteiger partial charge is 0.120 e. The molecule has 3 nitrogen and oxygen atoms in total.